The van der Waals surface area contributed by atoms with Crippen LogP contribution in [0.4, 0.5) is 0 Å². The minimum atomic E-state index is -0.493. The van der Waals surface area contributed by atoms with Crippen LogP contribution in [-0.2, 0) is 9.53 Å². The van der Waals surface area contributed by atoms with Crippen molar-refractivity contribution in [3.63, 3.8) is 0 Å². The zero-order valence-electron chi connectivity index (χ0n) is 12.7. The van der Waals surface area contributed by atoms with Crippen LogP contribution >= 0.6 is 11.8 Å². The summed E-state index contributed by atoms with van der Waals surface area (Å²) in [5.74, 6) is 1.14. The maximum Gasteiger partial charge on any atom is 0.326 e. The van der Waals surface area contributed by atoms with Gasteiger partial charge < -0.3 is 10.1 Å². The van der Waals surface area contributed by atoms with Gasteiger partial charge in [-0.2, -0.15) is 5.10 Å². The molecular weight excluding hydrogens is 288 g/mol. The Hall–Kier alpha value is -1.08. The van der Waals surface area contributed by atoms with E-state index < -0.39 is 5.54 Å². The van der Waals surface area contributed by atoms with Gasteiger partial charge >= 0.3 is 5.97 Å². The van der Waals surface area contributed by atoms with E-state index in [4.69, 9.17) is 4.74 Å². The summed E-state index contributed by atoms with van der Waals surface area (Å²) in [6.45, 7) is 2.96. The number of rotatable bonds is 8. The average Bonchev–Trinajstić information content (AvgIpc) is 3.15. The first-order valence-corrected chi connectivity index (χ1v) is 8.53. The average molecular weight is 312 g/mol. The highest BCUT2D eigenvalue weighted by Crippen LogP contribution is 2.39. The first kappa shape index (κ1) is 16.3. The van der Waals surface area contributed by atoms with E-state index >= 15 is 0 Å². The van der Waals surface area contributed by atoms with Crippen LogP contribution in [-0.4, -0.2) is 46.1 Å². The Morgan fingerprint density at radius 2 is 2.52 bits per heavy atom. The van der Waals surface area contributed by atoms with Crippen molar-refractivity contribution >= 4 is 17.7 Å². The topological polar surface area (TPSA) is 79.9 Å². The predicted octanol–water partition coefficient (Wildman–Crippen LogP) is 2.00. The molecule has 2 unspecified atom stereocenters. The molecule has 1 aromatic rings. The summed E-state index contributed by atoms with van der Waals surface area (Å²) in [6, 6.07) is 0. The van der Waals surface area contributed by atoms with E-state index in [9.17, 15) is 4.79 Å². The van der Waals surface area contributed by atoms with Crippen molar-refractivity contribution in [3.05, 3.63) is 6.33 Å². The van der Waals surface area contributed by atoms with Gasteiger partial charge in [0.25, 0.3) is 0 Å². The fourth-order valence-corrected chi connectivity index (χ4v) is 3.97. The zero-order valence-corrected chi connectivity index (χ0v) is 13.5. The molecule has 1 saturated carbocycles. The fourth-order valence-electron chi connectivity index (χ4n) is 3.13. The molecule has 0 radical (unpaired) electrons. The Labute approximate surface area is 129 Å². The first-order chi connectivity index (χ1) is 10.2. The van der Waals surface area contributed by atoms with E-state index in [1.165, 1.54) is 13.4 Å². The molecule has 2 atom stereocenters. The number of aromatic nitrogens is 3. The van der Waals surface area contributed by atoms with Crippen LogP contribution < -0.4 is 5.32 Å². The molecule has 1 fully saturated rings. The molecule has 2 rings (SSSR count). The van der Waals surface area contributed by atoms with Crippen molar-refractivity contribution < 1.29 is 9.53 Å². The van der Waals surface area contributed by atoms with Gasteiger partial charge in [0.1, 0.15) is 11.9 Å². The molecule has 6 nitrogen and oxygen atoms in total. The number of thioether (sulfide) groups is 1. The minimum absolute atomic E-state index is 0.108. The Morgan fingerprint density at radius 1 is 1.67 bits per heavy atom. The molecule has 0 spiro atoms. The van der Waals surface area contributed by atoms with E-state index in [0.717, 1.165) is 49.6 Å². The molecule has 1 aliphatic carbocycles. The van der Waals surface area contributed by atoms with Crippen molar-refractivity contribution in [1.29, 1.82) is 0 Å². The van der Waals surface area contributed by atoms with Crippen molar-refractivity contribution in [2.45, 2.75) is 49.7 Å². The molecular formula is C14H24N4O2S. The number of nitrogens with one attached hydrogen (secondary N) is 2. The second kappa shape index (κ2) is 7.79. The number of carbonyl (C=O) groups excluding carboxylic acids is 1. The van der Waals surface area contributed by atoms with Crippen molar-refractivity contribution in [2.75, 3.05) is 19.4 Å². The van der Waals surface area contributed by atoms with Gasteiger partial charge in [-0.25, -0.2) is 4.98 Å². The SMILES string of the molecule is CCCNC1(C(=O)OC)CCCC1CCSc1ncn[nH]1. The van der Waals surface area contributed by atoms with Gasteiger partial charge in [-0.15, -0.1) is 0 Å². The third-order valence-corrected chi connectivity index (χ3v) is 5.07. The molecule has 0 aliphatic heterocycles. The van der Waals surface area contributed by atoms with Crippen LogP contribution in [0.2, 0.25) is 0 Å². The van der Waals surface area contributed by atoms with Crippen LogP contribution in [0, 0.1) is 5.92 Å². The molecule has 7 heteroatoms. The molecule has 1 aromatic heterocycles. The first-order valence-electron chi connectivity index (χ1n) is 7.54. The summed E-state index contributed by atoms with van der Waals surface area (Å²) in [6.07, 6.45) is 6.51. The van der Waals surface area contributed by atoms with Gasteiger partial charge in [0.15, 0.2) is 5.16 Å². The maximum absolute atomic E-state index is 12.3. The molecule has 1 heterocycles. The summed E-state index contributed by atoms with van der Waals surface area (Å²) >= 11 is 1.65. The maximum atomic E-state index is 12.3. The van der Waals surface area contributed by atoms with Gasteiger partial charge in [0.05, 0.1) is 7.11 Å². The third-order valence-electron chi connectivity index (χ3n) is 4.16. The highest BCUT2D eigenvalue weighted by atomic mass is 32.2. The lowest BCUT2D eigenvalue weighted by Crippen LogP contribution is -2.55. The number of methoxy groups -OCH3 is 1. The van der Waals surface area contributed by atoms with E-state index in [-0.39, 0.29) is 5.97 Å². The Kier molecular flexibility index (Phi) is 6.05. The lowest BCUT2D eigenvalue weighted by molar-refractivity contribution is -0.150. The number of hydrogen-bond donors (Lipinski definition) is 2. The number of hydrogen-bond acceptors (Lipinski definition) is 6. The third kappa shape index (κ3) is 3.77. The second-order valence-electron chi connectivity index (χ2n) is 5.41. The lowest BCUT2D eigenvalue weighted by Gasteiger charge is -2.34. The molecule has 0 bridgehead atoms. The van der Waals surface area contributed by atoms with Crippen LogP contribution in [0.3, 0.4) is 0 Å². The summed E-state index contributed by atoms with van der Waals surface area (Å²) in [4.78, 5) is 16.4. The smallest absolute Gasteiger partial charge is 0.326 e. The summed E-state index contributed by atoms with van der Waals surface area (Å²) in [5, 5.41) is 11.0. The Bertz CT molecular complexity index is 440. The summed E-state index contributed by atoms with van der Waals surface area (Å²) < 4.78 is 5.08. The van der Waals surface area contributed by atoms with Crippen molar-refractivity contribution in [2.24, 2.45) is 5.92 Å². The standard InChI is InChI=1S/C14H24N4O2S/c1-3-8-16-14(12(19)20-2)7-4-5-11(14)6-9-21-13-15-10-17-18-13/h10-11,16H,3-9H2,1-2H3,(H,15,17,18). The predicted molar refractivity (Wildman–Crippen MR) is 82.1 cm³/mol. The second-order valence-corrected chi connectivity index (χ2v) is 6.49. The summed E-state index contributed by atoms with van der Waals surface area (Å²) in [7, 11) is 1.48. The van der Waals surface area contributed by atoms with Gasteiger partial charge in [-0.05, 0) is 38.1 Å². The largest absolute Gasteiger partial charge is 0.468 e. The highest BCUT2D eigenvalue weighted by molar-refractivity contribution is 7.99. The number of nitrogens with zero attached hydrogens (tertiary/aromatic N) is 2. The van der Waals surface area contributed by atoms with Crippen LogP contribution in [0.5, 0.6) is 0 Å². The van der Waals surface area contributed by atoms with Gasteiger partial charge in [0.2, 0.25) is 0 Å². The van der Waals surface area contributed by atoms with E-state index in [1.54, 1.807) is 11.8 Å². The van der Waals surface area contributed by atoms with Crippen LogP contribution in [0.1, 0.15) is 39.0 Å². The fraction of sp³-hybridized carbons (Fsp3) is 0.786. The molecule has 0 amide bonds. The number of esters is 1. The highest BCUT2D eigenvalue weighted by Gasteiger charge is 2.49. The van der Waals surface area contributed by atoms with Crippen molar-refractivity contribution in [3.8, 4) is 0 Å². The number of carbonyl (C=O) groups is 1. The van der Waals surface area contributed by atoms with Crippen molar-refractivity contribution in [1.82, 2.24) is 20.5 Å². The quantitative estimate of drug-likeness (QED) is 0.564. The Balaban J connectivity index is 1.96. The molecule has 118 valence electrons. The van der Waals surface area contributed by atoms with Gasteiger partial charge in [-0.3, -0.25) is 9.89 Å². The molecule has 0 saturated heterocycles. The number of ether oxygens (including phenoxy) is 1. The molecule has 1 aliphatic rings. The molecule has 2 N–H and O–H groups in total. The molecule has 21 heavy (non-hydrogen) atoms. The molecule has 0 aromatic carbocycles. The van der Waals surface area contributed by atoms with Crippen LogP contribution in [0.25, 0.3) is 0 Å². The zero-order chi connectivity index (χ0) is 15.1. The van der Waals surface area contributed by atoms with Crippen LogP contribution in [0.15, 0.2) is 11.5 Å². The Morgan fingerprint density at radius 3 is 3.19 bits per heavy atom. The summed E-state index contributed by atoms with van der Waals surface area (Å²) in [5.41, 5.74) is -0.493. The lowest BCUT2D eigenvalue weighted by atomic mass is 9.85. The number of aromatic amines is 1. The normalized spacial score (nSPS) is 25.1. The van der Waals surface area contributed by atoms with Gasteiger partial charge in [-0.1, -0.05) is 25.1 Å². The van der Waals surface area contributed by atoms with Gasteiger partial charge in [0, 0.05) is 5.75 Å². The minimum Gasteiger partial charge on any atom is -0.468 e. The number of H-pyrrole nitrogens is 1. The van der Waals surface area contributed by atoms with E-state index in [0.29, 0.717) is 5.92 Å². The monoisotopic (exact) mass is 312 g/mol. The van der Waals surface area contributed by atoms with E-state index in [2.05, 4.69) is 27.4 Å². The van der Waals surface area contributed by atoms with E-state index in [1.807, 2.05) is 0 Å².